The van der Waals surface area contributed by atoms with Crippen molar-refractivity contribution < 1.29 is 23.8 Å². The molecule has 1 saturated heterocycles. The van der Waals surface area contributed by atoms with Crippen molar-refractivity contribution in [2.75, 3.05) is 34.3 Å². The molecular weight excluding hydrogens is 377 g/mol. The van der Waals surface area contributed by atoms with Crippen LogP contribution in [0.25, 0.3) is 5.76 Å². The van der Waals surface area contributed by atoms with E-state index in [0.717, 1.165) is 6.07 Å². The Labute approximate surface area is 168 Å². The van der Waals surface area contributed by atoms with Crippen LogP contribution < -0.4 is 4.74 Å². The average molecular weight is 399 g/mol. The number of aliphatic hydroxyl groups is 1. The van der Waals surface area contributed by atoms with Crippen LogP contribution in [0, 0.1) is 5.82 Å². The summed E-state index contributed by atoms with van der Waals surface area (Å²) in [6.45, 7) is 0.824. The van der Waals surface area contributed by atoms with Crippen LogP contribution in [0.15, 0.2) is 48.3 Å². The summed E-state index contributed by atoms with van der Waals surface area (Å²) in [7, 11) is 5.05. The zero-order chi connectivity index (χ0) is 21.1. The van der Waals surface area contributed by atoms with E-state index in [1.165, 1.54) is 24.1 Å². The molecule has 0 saturated carbocycles. The summed E-state index contributed by atoms with van der Waals surface area (Å²) < 4.78 is 19.0. The average Bonchev–Trinajstić information content (AvgIpc) is 2.97. The van der Waals surface area contributed by atoms with Gasteiger partial charge in [0.25, 0.3) is 11.7 Å². The number of rotatable bonds is 6. The van der Waals surface area contributed by atoms with Crippen LogP contribution in [0.3, 0.4) is 0 Å². The van der Waals surface area contributed by atoms with Gasteiger partial charge in [0.2, 0.25) is 0 Å². The van der Waals surface area contributed by atoms with Crippen molar-refractivity contribution in [2.24, 2.45) is 0 Å². The van der Waals surface area contributed by atoms with Gasteiger partial charge in [0.05, 0.1) is 18.7 Å². The minimum absolute atomic E-state index is 0.0127. The minimum atomic E-state index is -0.806. The topological polar surface area (TPSA) is 83.0 Å². The van der Waals surface area contributed by atoms with E-state index in [-0.39, 0.29) is 23.4 Å². The van der Waals surface area contributed by atoms with Gasteiger partial charge in [0.15, 0.2) is 11.6 Å². The third kappa shape index (κ3) is 3.97. The second kappa shape index (κ2) is 8.40. The number of aromatic nitrogens is 1. The molecule has 1 aliphatic rings. The monoisotopic (exact) mass is 399 g/mol. The molecule has 1 atom stereocenters. The van der Waals surface area contributed by atoms with E-state index in [1.807, 2.05) is 19.0 Å². The van der Waals surface area contributed by atoms with Crippen LogP contribution >= 0.6 is 0 Å². The van der Waals surface area contributed by atoms with Gasteiger partial charge in [0, 0.05) is 31.0 Å². The molecule has 2 aromatic rings. The highest BCUT2D eigenvalue weighted by Gasteiger charge is 2.45. The SMILES string of the molecule is COc1ccc(C(O)=C2C(=O)C(=O)N(CCN(C)C)C2c2ccncc2)cc1F. The number of benzene rings is 1. The predicted molar refractivity (Wildman–Crippen MR) is 105 cm³/mol. The number of amides is 1. The number of ether oxygens (including phenoxy) is 1. The van der Waals surface area contributed by atoms with Crippen LogP contribution in [0.2, 0.25) is 0 Å². The Morgan fingerprint density at radius 1 is 1.24 bits per heavy atom. The molecule has 0 spiro atoms. The lowest BCUT2D eigenvalue weighted by Gasteiger charge is -2.26. The van der Waals surface area contributed by atoms with Gasteiger partial charge >= 0.3 is 0 Å². The third-order valence-corrected chi connectivity index (χ3v) is 4.78. The number of hydrogen-bond donors (Lipinski definition) is 1. The predicted octanol–water partition coefficient (Wildman–Crippen LogP) is 2.21. The maximum Gasteiger partial charge on any atom is 0.295 e. The van der Waals surface area contributed by atoms with Gasteiger partial charge in [-0.15, -0.1) is 0 Å². The Bertz CT molecular complexity index is 960. The molecule has 1 aromatic heterocycles. The Kier molecular flexibility index (Phi) is 5.93. The highest BCUT2D eigenvalue weighted by atomic mass is 19.1. The number of carbonyl (C=O) groups excluding carboxylic acids is 2. The maximum absolute atomic E-state index is 14.1. The van der Waals surface area contributed by atoms with Crippen molar-refractivity contribution >= 4 is 17.4 Å². The van der Waals surface area contributed by atoms with E-state index in [1.54, 1.807) is 24.5 Å². The summed E-state index contributed by atoms with van der Waals surface area (Å²) in [5, 5.41) is 10.9. The zero-order valence-corrected chi connectivity index (χ0v) is 16.4. The number of nitrogens with zero attached hydrogens (tertiary/aromatic N) is 3. The van der Waals surface area contributed by atoms with Gasteiger partial charge in [-0.1, -0.05) is 0 Å². The summed E-state index contributed by atoms with van der Waals surface area (Å²) in [6.07, 6.45) is 3.10. The molecule has 1 N–H and O–H groups in total. The number of halogens is 1. The van der Waals surface area contributed by atoms with E-state index in [9.17, 15) is 19.1 Å². The van der Waals surface area contributed by atoms with Crippen LogP contribution in [-0.2, 0) is 9.59 Å². The number of aliphatic hydroxyl groups excluding tert-OH is 1. The van der Waals surface area contributed by atoms with Gasteiger partial charge in [-0.2, -0.15) is 0 Å². The summed E-state index contributed by atoms with van der Waals surface area (Å²) >= 11 is 0. The molecule has 3 rings (SSSR count). The fourth-order valence-electron chi connectivity index (χ4n) is 3.28. The quantitative estimate of drug-likeness (QED) is 0.456. The van der Waals surface area contributed by atoms with Gasteiger partial charge in [-0.25, -0.2) is 4.39 Å². The van der Waals surface area contributed by atoms with Crippen molar-refractivity contribution in [3.8, 4) is 5.75 Å². The number of hydrogen-bond acceptors (Lipinski definition) is 6. The van der Waals surface area contributed by atoms with Crippen molar-refractivity contribution in [2.45, 2.75) is 6.04 Å². The van der Waals surface area contributed by atoms with Crippen molar-refractivity contribution in [3.05, 3.63) is 65.2 Å². The molecular formula is C21H22FN3O4. The van der Waals surface area contributed by atoms with E-state index < -0.39 is 29.3 Å². The Hall–Kier alpha value is -3.26. The lowest BCUT2D eigenvalue weighted by Crippen LogP contribution is -2.35. The van der Waals surface area contributed by atoms with E-state index in [2.05, 4.69) is 4.98 Å². The smallest absolute Gasteiger partial charge is 0.295 e. The molecule has 1 aromatic carbocycles. The molecule has 152 valence electrons. The fourth-order valence-corrected chi connectivity index (χ4v) is 3.28. The van der Waals surface area contributed by atoms with Crippen molar-refractivity contribution in [3.63, 3.8) is 0 Å². The number of carbonyl (C=O) groups is 2. The van der Waals surface area contributed by atoms with Crippen LogP contribution in [0.1, 0.15) is 17.2 Å². The van der Waals surface area contributed by atoms with Gasteiger partial charge in [-0.3, -0.25) is 14.6 Å². The van der Waals surface area contributed by atoms with E-state index in [0.29, 0.717) is 12.1 Å². The number of ketones is 1. The molecule has 1 unspecified atom stereocenters. The molecule has 7 nitrogen and oxygen atoms in total. The van der Waals surface area contributed by atoms with Gasteiger partial charge < -0.3 is 19.6 Å². The van der Waals surface area contributed by atoms with Crippen LogP contribution in [-0.4, -0.2) is 65.9 Å². The maximum atomic E-state index is 14.1. The molecule has 0 bridgehead atoms. The van der Waals surface area contributed by atoms with E-state index in [4.69, 9.17) is 4.74 Å². The number of pyridine rings is 1. The molecule has 8 heteroatoms. The Morgan fingerprint density at radius 3 is 2.52 bits per heavy atom. The molecule has 29 heavy (non-hydrogen) atoms. The largest absolute Gasteiger partial charge is 0.507 e. The van der Waals surface area contributed by atoms with Crippen molar-refractivity contribution in [1.82, 2.24) is 14.8 Å². The zero-order valence-electron chi connectivity index (χ0n) is 16.4. The molecule has 1 aliphatic heterocycles. The summed E-state index contributed by atoms with van der Waals surface area (Å²) in [5.41, 5.74) is 0.644. The standard InChI is InChI=1S/C21H22FN3O4/c1-24(2)10-11-25-18(13-6-8-23-9-7-13)17(20(27)21(25)28)19(26)14-4-5-16(29-3)15(22)12-14/h4-9,12,18,26H,10-11H2,1-3H3. The lowest BCUT2D eigenvalue weighted by molar-refractivity contribution is -0.140. The third-order valence-electron chi connectivity index (χ3n) is 4.78. The Morgan fingerprint density at radius 2 is 1.93 bits per heavy atom. The highest BCUT2D eigenvalue weighted by Crippen LogP contribution is 2.39. The molecule has 0 radical (unpaired) electrons. The van der Waals surface area contributed by atoms with Crippen LogP contribution in [0.5, 0.6) is 5.75 Å². The summed E-state index contributed by atoms with van der Waals surface area (Å²) in [4.78, 5) is 32.8. The first-order valence-corrected chi connectivity index (χ1v) is 9.02. The minimum Gasteiger partial charge on any atom is -0.507 e. The molecule has 2 heterocycles. The molecule has 0 aliphatic carbocycles. The van der Waals surface area contributed by atoms with Gasteiger partial charge in [0.1, 0.15) is 5.76 Å². The number of Topliss-reactive ketones (excluding diaryl/α,β-unsaturated/α-hetero) is 1. The van der Waals surface area contributed by atoms with E-state index >= 15 is 0 Å². The van der Waals surface area contributed by atoms with Crippen molar-refractivity contribution in [1.29, 1.82) is 0 Å². The fraction of sp³-hybridized carbons (Fsp3) is 0.286. The Balaban J connectivity index is 2.13. The second-order valence-electron chi connectivity index (χ2n) is 6.93. The highest BCUT2D eigenvalue weighted by molar-refractivity contribution is 6.46. The first kappa shape index (κ1) is 20.5. The summed E-state index contributed by atoms with van der Waals surface area (Å²) in [6, 6.07) is 6.44. The first-order valence-electron chi connectivity index (χ1n) is 9.02. The number of methoxy groups -OCH3 is 1. The first-order chi connectivity index (χ1) is 13.8. The number of likely N-dealkylation sites (N-methyl/N-ethyl adjacent to an activating group) is 1. The summed E-state index contributed by atoms with van der Waals surface area (Å²) in [5.74, 6) is -2.61. The lowest BCUT2D eigenvalue weighted by atomic mass is 9.96. The second-order valence-corrected chi connectivity index (χ2v) is 6.93. The molecule has 1 fully saturated rings. The number of likely N-dealkylation sites (tertiary alicyclic amines) is 1. The van der Waals surface area contributed by atoms with Gasteiger partial charge in [-0.05, 0) is 50.0 Å². The normalized spacial score (nSPS) is 18.5. The molecule has 1 amide bonds. The van der Waals surface area contributed by atoms with Crippen LogP contribution in [0.4, 0.5) is 4.39 Å².